The number of alkyl halides is 3. The van der Waals surface area contributed by atoms with Gasteiger partial charge in [0.05, 0.1) is 0 Å². The van der Waals surface area contributed by atoms with Crippen LogP contribution >= 0.6 is 0 Å². The van der Waals surface area contributed by atoms with Crippen LogP contribution in [0.25, 0.3) is 0 Å². The number of halogens is 3. The van der Waals surface area contributed by atoms with Crippen LogP contribution < -0.4 is 16.0 Å². The maximum atomic E-state index is 12.3. The monoisotopic (exact) mass is 531 g/mol. The molecule has 0 radical (unpaired) electrons. The molecular formula is C26H24F3N3O6. The molecule has 1 heterocycles. The Morgan fingerprint density at radius 3 is 1.84 bits per heavy atom. The van der Waals surface area contributed by atoms with Crippen LogP contribution in [-0.2, 0) is 20.8 Å². The number of carbonyl (C=O) groups excluding carboxylic acids is 2. The topological polar surface area (TPSA) is 150 Å². The fourth-order valence-electron chi connectivity index (χ4n) is 3.23. The Morgan fingerprint density at radius 2 is 1.37 bits per heavy atom. The number of hydrogen-bond donors (Lipinski definition) is 4. The molecule has 5 N–H and O–H groups in total. The summed E-state index contributed by atoms with van der Waals surface area (Å²) >= 11 is 0. The first-order valence-corrected chi connectivity index (χ1v) is 11.0. The second-order valence-corrected chi connectivity index (χ2v) is 7.75. The van der Waals surface area contributed by atoms with E-state index >= 15 is 0 Å². The molecule has 200 valence electrons. The smallest absolute Gasteiger partial charge is 0.480 e. The van der Waals surface area contributed by atoms with Crippen LogP contribution in [-0.4, -0.2) is 52.7 Å². The number of amides is 2. The molecule has 0 aliphatic carbocycles. The van der Waals surface area contributed by atoms with Crippen LogP contribution in [0.2, 0.25) is 0 Å². The van der Waals surface area contributed by atoms with E-state index in [9.17, 15) is 27.6 Å². The number of benzene rings is 3. The summed E-state index contributed by atoms with van der Waals surface area (Å²) < 4.78 is 31.7. The summed E-state index contributed by atoms with van der Waals surface area (Å²) in [6.07, 6.45) is -4.37. The SMILES string of the molecule is NC(=O)C1Cc2ccccc2N1.O=C(O)C(F)(F)F.O=C(O)CN(C(=O)c1ccccc1)c1ccccc1. The molecule has 1 aliphatic heterocycles. The summed E-state index contributed by atoms with van der Waals surface area (Å²) in [4.78, 5) is 44.2. The summed E-state index contributed by atoms with van der Waals surface area (Å²) in [5.41, 5.74) is 8.41. The maximum Gasteiger partial charge on any atom is 0.490 e. The molecule has 0 spiro atoms. The molecule has 0 fully saturated rings. The maximum absolute atomic E-state index is 12.3. The molecule has 2 amide bonds. The number of rotatable bonds is 5. The van der Waals surface area contributed by atoms with E-state index in [0.717, 1.165) is 5.69 Å². The number of nitrogens with zero attached hydrogens (tertiary/aromatic N) is 1. The van der Waals surface area contributed by atoms with E-state index in [1.165, 1.54) is 10.5 Å². The molecular weight excluding hydrogens is 507 g/mol. The molecule has 0 bridgehead atoms. The second-order valence-electron chi connectivity index (χ2n) is 7.75. The summed E-state index contributed by atoms with van der Waals surface area (Å²) in [5.74, 6) is -4.42. The van der Waals surface area contributed by atoms with Gasteiger partial charge in [-0.1, -0.05) is 54.6 Å². The summed E-state index contributed by atoms with van der Waals surface area (Å²) in [7, 11) is 0. The minimum atomic E-state index is -5.08. The van der Waals surface area contributed by atoms with Gasteiger partial charge in [0, 0.05) is 23.4 Å². The fraction of sp³-hybridized carbons (Fsp3) is 0.154. The van der Waals surface area contributed by atoms with E-state index in [-0.39, 0.29) is 24.4 Å². The van der Waals surface area contributed by atoms with Gasteiger partial charge in [0.15, 0.2) is 0 Å². The van der Waals surface area contributed by atoms with Gasteiger partial charge in [-0.2, -0.15) is 13.2 Å². The third-order valence-electron chi connectivity index (χ3n) is 4.98. The van der Waals surface area contributed by atoms with Crippen LogP contribution in [0.1, 0.15) is 15.9 Å². The zero-order valence-corrected chi connectivity index (χ0v) is 19.8. The first-order chi connectivity index (χ1) is 17.9. The minimum Gasteiger partial charge on any atom is -0.480 e. The number of primary amides is 1. The van der Waals surface area contributed by atoms with Gasteiger partial charge in [-0.3, -0.25) is 19.3 Å². The van der Waals surface area contributed by atoms with Crippen molar-refractivity contribution in [2.24, 2.45) is 5.73 Å². The molecule has 3 aromatic carbocycles. The number of aliphatic carboxylic acids is 2. The van der Waals surface area contributed by atoms with Gasteiger partial charge in [0.1, 0.15) is 12.6 Å². The highest BCUT2D eigenvalue weighted by Gasteiger charge is 2.38. The molecule has 12 heteroatoms. The second kappa shape index (κ2) is 13.4. The average Bonchev–Trinajstić information content (AvgIpc) is 3.33. The number of anilines is 2. The van der Waals surface area contributed by atoms with Gasteiger partial charge in [0.2, 0.25) is 5.91 Å². The lowest BCUT2D eigenvalue weighted by molar-refractivity contribution is -0.192. The highest BCUT2D eigenvalue weighted by Crippen LogP contribution is 2.24. The summed E-state index contributed by atoms with van der Waals surface area (Å²) in [5, 5.41) is 19.1. The molecule has 0 saturated heterocycles. The van der Waals surface area contributed by atoms with Crippen LogP contribution in [0, 0.1) is 0 Å². The van der Waals surface area contributed by atoms with Gasteiger partial charge in [-0.15, -0.1) is 0 Å². The number of fused-ring (bicyclic) bond motifs is 1. The number of para-hydroxylation sites is 2. The van der Waals surface area contributed by atoms with Crippen molar-refractivity contribution in [3.63, 3.8) is 0 Å². The highest BCUT2D eigenvalue weighted by molar-refractivity contribution is 6.08. The Labute approximate surface area is 215 Å². The van der Waals surface area contributed by atoms with Crippen molar-refractivity contribution >= 4 is 35.1 Å². The molecule has 1 atom stereocenters. The Kier molecular flexibility index (Phi) is 10.4. The molecule has 3 aromatic rings. The summed E-state index contributed by atoms with van der Waals surface area (Å²) in [6, 6.07) is 25.0. The van der Waals surface area contributed by atoms with E-state index in [1.807, 2.05) is 30.3 Å². The molecule has 1 aliphatic rings. The zero-order chi connectivity index (χ0) is 28.3. The van der Waals surface area contributed by atoms with Crippen molar-refractivity contribution in [3.05, 3.63) is 96.1 Å². The number of carboxylic acid groups (broad SMARTS) is 2. The van der Waals surface area contributed by atoms with Gasteiger partial charge < -0.3 is 21.3 Å². The third-order valence-corrected chi connectivity index (χ3v) is 4.98. The van der Waals surface area contributed by atoms with Crippen molar-refractivity contribution in [3.8, 4) is 0 Å². The number of carbonyl (C=O) groups is 4. The van der Waals surface area contributed by atoms with Crippen molar-refractivity contribution < 1.29 is 42.6 Å². The van der Waals surface area contributed by atoms with E-state index in [0.29, 0.717) is 17.7 Å². The zero-order valence-electron chi connectivity index (χ0n) is 19.8. The predicted octanol–water partition coefficient (Wildman–Crippen LogP) is 3.56. The number of hydrogen-bond acceptors (Lipinski definition) is 5. The molecule has 0 aromatic heterocycles. The van der Waals surface area contributed by atoms with Gasteiger partial charge >= 0.3 is 18.1 Å². The summed E-state index contributed by atoms with van der Waals surface area (Å²) in [6.45, 7) is -0.363. The Morgan fingerprint density at radius 1 is 0.868 bits per heavy atom. The van der Waals surface area contributed by atoms with Crippen molar-refractivity contribution in [2.45, 2.75) is 18.6 Å². The average molecular weight is 531 g/mol. The molecule has 4 rings (SSSR count). The lowest BCUT2D eigenvalue weighted by atomic mass is 10.1. The molecule has 38 heavy (non-hydrogen) atoms. The van der Waals surface area contributed by atoms with Crippen LogP contribution in [0.15, 0.2) is 84.9 Å². The predicted molar refractivity (Wildman–Crippen MR) is 133 cm³/mol. The number of nitrogens with one attached hydrogen (secondary N) is 1. The third kappa shape index (κ3) is 8.97. The van der Waals surface area contributed by atoms with Crippen LogP contribution in [0.5, 0.6) is 0 Å². The Hall–Kier alpha value is -4.87. The van der Waals surface area contributed by atoms with Crippen molar-refractivity contribution in [1.29, 1.82) is 0 Å². The van der Waals surface area contributed by atoms with Crippen molar-refractivity contribution in [1.82, 2.24) is 0 Å². The molecule has 9 nitrogen and oxygen atoms in total. The van der Waals surface area contributed by atoms with E-state index < -0.39 is 18.1 Å². The fourth-order valence-corrected chi connectivity index (χ4v) is 3.23. The van der Waals surface area contributed by atoms with Gasteiger partial charge in [-0.05, 0) is 35.9 Å². The van der Waals surface area contributed by atoms with E-state index in [4.69, 9.17) is 20.7 Å². The highest BCUT2D eigenvalue weighted by atomic mass is 19.4. The lowest BCUT2D eigenvalue weighted by Gasteiger charge is -2.20. The van der Waals surface area contributed by atoms with Crippen LogP contribution in [0.4, 0.5) is 24.5 Å². The quantitative estimate of drug-likeness (QED) is 0.393. The number of carboxylic acids is 2. The van der Waals surface area contributed by atoms with E-state index in [1.54, 1.807) is 54.6 Å². The normalized spacial score (nSPS) is 13.3. The molecule has 1 unspecified atom stereocenters. The Balaban J connectivity index is 0.000000227. The lowest BCUT2D eigenvalue weighted by Crippen LogP contribution is -2.35. The van der Waals surface area contributed by atoms with E-state index in [2.05, 4.69) is 5.32 Å². The molecule has 0 saturated carbocycles. The largest absolute Gasteiger partial charge is 0.490 e. The standard InChI is InChI=1S/C15H13NO3.C9H10N2O.C2HF3O2/c17-14(18)11-16(13-9-5-2-6-10-13)15(19)12-7-3-1-4-8-12;10-9(12)8-5-6-3-1-2-4-7(6)11-8;3-2(4,5)1(6)7/h1-10H,11H2,(H,17,18);1-4,8,11H,5H2,(H2,10,12);(H,6,7). The van der Waals surface area contributed by atoms with Gasteiger partial charge in [0.25, 0.3) is 5.91 Å². The minimum absolute atomic E-state index is 0.220. The van der Waals surface area contributed by atoms with Crippen LogP contribution in [0.3, 0.4) is 0 Å². The Bertz CT molecular complexity index is 1230. The van der Waals surface area contributed by atoms with Gasteiger partial charge in [-0.25, -0.2) is 4.79 Å². The number of nitrogens with two attached hydrogens (primary N) is 1. The van der Waals surface area contributed by atoms with Crippen molar-refractivity contribution in [2.75, 3.05) is 16.8 Å². The first-order valence-electron chi connectivity index (χ1n) is 11.0. The first kappa shape index (κ1) is 29.4.